The molecule has 7 heteroatoms. The standard InChI is InChI=1S/C13H19N7/c1-4-10-11-12(18(3)17-10)20(13(14)16-11)9(2)8-19-7-5-6-15-19/h5-7,9H,4,8H2,1-3H3,(H2,14,16). The van der Waals surface area contributed by atoms with Crippen molar-refractivity contribution in [1.82, 2.24) is 29.1 Å². The van der Waals surface area contributed by atoms with Gasteiger partial charge in [-0.15, -0.1) is 0 Å². The van der Waals surface area contributed by atoms with Crippen molar-refractivity contribution in [2.24, 2.45) is 7.05 Å². The number of aryl methyl sites for hydroxylation is 2. The van der Waals surface area contributed by atoms with Crippen molar-refractivity contribution in [3.63, 3.8) is 0 Å². The molecule has 0 spiro atoms. The molecular weight excluding hydrogens is 254 g/mol. The molecule has 3 heterocycles. The minimum atomic E-state index is 0.153. The first kappa shape index (κ1) is 12.7. The van der Waals surface area contributed by atoms with E-state index in [2.05, 4.69) is 29.0 Å². The first-order chi connectivity index (χ1) is 9.61. The van der Waals surface area contributed by atoms with Crippen LogP contribution < -0.4 is 5.73 Å². The summed E-state index contributed by atoms with van der Waals surface area (Å²) in [5, 5.41) is 8.74. The fourth-order valence-electron chi connectivity index (χ4n) is 2.65. The number of hydrogen-bond donors (Lipinski definition) is 1. The number of rotatable bonds is 4. The van der Waals surface area contributed by atoms with Gasteiger partial charge in [-0.05, 0) is 19.4 Å². The minimum Gasteiger partial charge on any atom is -0.369 e. The molecule has 3 rings (SSSR count). The van der Waals surface area contributed by atoms with Gasteiger partial charge in [-0.2, -0.15) is 10.2 Å². The smallest absolute Gasteiger partial charge is 0.202 e. The van der Waals surface area contributed by atoms with Crippen LogP contribution in [0.1, 0.15) is 25.6 Å². The summed E-state index contributed by atoms with van der Waals surface area (Å²) in [5.74, 6) is 0.530. The van der Waals surface area contributed by atoms with Gasteiger partial charge in [0.2, 0.25) is 5.95 Å². The summed E-state index contributed by atoms with van der Waals surface area (Å²) in [6, 6.07) is 2.07. The lowest BCUT2D eigenvalue weighted by Crippen LogP contribution is -2.17. The van der Waals surface area contributed by atoms with E-state index in [1.807, 2.05) is 33.2 Å². The number of nitrogen functional groups attached to an aromatic ring is 1. The zero-order valence-electron chi connectivity index (χ0n) is 12.0. The van der Waals surface area contributed by atoms with E-state index in [0.717, 1.165) is 29.8 Å². The third-order valence-corrected chi connectivity index (χ3v) is 3.55. The molecule has 0 saturated carbocycles. The Kier molecular flexibility index (Phi) is 2.96. The van der Waals surface area contributed by atoms with Gasteiger partial charge in [0, 0.05) is 19.4 Å². The topological polar surface area (TPSA) is 79.5 Å². The first-order valence-corrected chi connectivity index (χ1v) is 6.78. The summed E-state index contributed by atoms with van der Waals surface area (Å²) in [6.45, 7) is 4.93. The molecule has 0 saturated heterocycles. The van der Waals surface area contributed by atoms with E-state index in [1.165, 1.54) is 0 Å². The lowest BCUT2D eigenvalue weighted by atomic mass is 10.3. The molecule has 0 bridgehead atoms. The normalized spacial score (nSPS) is 13.2. The average Bonchev–Trinajstić information content (AvgIpc) is 3.08. The van der Waals surface area contributed by atoms with E-state index in [1.54, 1.807) is 6.20 Å². The van der Waals surface area contributed by atoms with Crippen LogP contribution in [-0.2, 0) is 20.0 Å². The maximum atomic E-state index is 6.10. The van der Waals surface area contributed by atoms with Gasteiger partial charge >= 0.3 is 0 Å². The number of nitrogens with two attached hydrogens (primary N) is 1. The van der Waals surface area contributed by atoms with Crippen molar-refractivity contribution in [3.8, 4) is 0 Å². The Morgan fingerprint density at radius 1 is 1.40 bits per heavy atom. The van der Waals surface area contributed by atoms with Crippen molar-refractivity contribution in [3.05, 3.63) is 24.2 Å². The van der Waals surface area contributed by atoms with Crippen molar-refractivity contribution in [2.75, 3.05) is 5.73 Å². The van der Waals surface area contributed by atoms with Crippen LogP contribution in [-0.4, -0.2) is 29.1 Å². The highest BCUT2D eigenvalue weighted by atomic mass is 15.4. The summed E-state index contributed by atoms with van der Waals surface area (Å²) in [4.78, 5) is 4.48. The molecule has 2 N–H and O–H groups in total. The Morgan fingerprint density at radius 3 is 2.85 bits per heavy atom. The molecular formula is C13H19N7. The third-order valence-electron chi connectivity index (χ3n) is 3.55. The van der Waals surface area contributed by atoms with Crippen LogP contribution in [0.25, 0.3) is 11.2 Å². The van der Waals surface area contributed by atoms with Gasteiger partial charge in [0.15, 0.2) is 5.65 Å². The predicted molar refractivity (Wildman–Crippen MR) is 77.2 cm³/mol. The lowest BCUT2D eigenvalue weighted by molar-refractivity contribution is 0.444. The lowest BCUT2D eigenvalue weighted by Gasteiger charge is -2.16. The van der Waals surface area contributed by atoms with Gasteiger partial charge in [-0.25, -0.2) is 4.98 Å². The van der Waals surface area contributed by atoms with E-state index in [9.17, 15) is 0 Å². The molecule has 106 valence electrons. The molecule has 0 aliphatic rings. The van der Waals surface area contributed by atoms with E-state index in [4.69, 9.17) is 5.73 Å². The van der Waals surface area contributed by atoms with Gasteiger partial charge in [-0.3, -0.25) is 13.9 Å². The molecule has 7 nitrogen and oxygen atoms in total. The SMILES string of the molecule is CCc1nn(C)c2c1nc(N)n2C(C)Cn1cccn1. The van der Waals surface area contributed by atoms with Crippen molar-refractivity contribution < 1.29 is 0 Å². The first-order valence-electron chi connectivity index (χ1n) is 6.78. The highest BCUT2D eigenvalue weighted by molar-refractivity contribution is 5.78. The van der Waals surface area contributed by atoms with E-state index < -0.39 is 0 Å². The summed E-state index contributed by atoms with van der Waals surface area (Å²) < 4.78 is 5.79. The Hall–Kier alpha value is -2.31. The molecule has 20 heavy (non-hydrogen) atoms. The van der Waals surface area contributed by atoms with Crippen LogP contribution in [0.2, 0.25) is 0 Å². The number of anilines is 1. The highest BCUT2D eigenvalue weighted by Gasteiger charge is 2.20. The maximum Gasteiger partial charge on any atom is 0.202 e. The van der Waals surface area contributed by atoms with Crippen molar-refractivity contribution in [1.29, 1.82) is 0 Å². The van der Waals surface area contributed by atoms with Gasteiger partial charge in [0.1, 0.15) is 5.52 Å². The fraction of sp³-hybridized carbons (Fsp3) is 0.462. The van der Waals surface area contributed by atoms with Crippen LogP contribution in [0.3, 0.4) is 0 Å². The molecule has 0 amide bonds. The third kappa shape index (κ3) is 1.86. The second-order valence-corrected chi connectivity index (χ2v) is 5.01. The van der Waals surface area contributed by atoms with Gasteiger partial charge in [0.05, 0.1) is 18.3 Å². The summed E-state index contributed by atoms with van der Waals surface area (Å²) >= 11 is 0. The molecule has 3 aromatic heterocycles. The van der Waals surface area contributed by atoms with Crippen LogP contribution in [0.4, 0.5) is 5.95 Å². The van der Waals surface area contributed by atoms with Gasteiger partial charge in [0.25, 0.3) is 0 Å². The summed E-state index contributed by atoms with van der Waals surface area (Å²) in [5.41, 5.74) is 8.96. The van der Waals surface area contributed by atoms with E-state index >= 15 is 0 Å². The predicted octanol–water partition coefficient (Wildman–Crippen LogP) is 1.37. The maximum absolute atomic E-state index is 6.10. The Morgan fingerprint density at radius 2 is 2.20 bits per heavy atom. The largest absolute Gasteiger partial charge is 0.369 e. The quantitative estimate of drug-likeness (QED) is 0.778. The second kappa shape index (κ2) is 4.66. The molecule has 0 aliphatic heterocycles. The van der Waals surface area contributed by atoms with Gasteiger partial charge < -0.3 is 5.73 Å². The van der Waals surface area contributed by atoms with Crippen LogP contribution in [0, 0.1) is 0 Å². The van der Waals surface area contributed by atoms with E-state index in [0.29, 0.717) is 5.95 Å². The number of aromatic nitrogens is 6. The molecule has 0 aliphatic carbocycles. The molecule has 0 radical (unpaired) electrons. The molecule has 3 aromatic rings. The molecule has 0 fully saturated rings. The number of fused-ring (bicyclic) bond motifs is 1. The monoisotopic (exact) mass is 273 g/mol. The highest BCUT2D eigenvalue weighted by Crippen LogP contribution is 2.25. The number of hydrogen-bond acceptors (Lipinski definition) is 4. The van der Waals surface area contributed by atoms with Crippen LogP contribution >= 0.6 is 0 Å². The van der Waals surface area contributed by atoms with Crippen LogP contribution in [0.15, 0.2) is 18.5 Å². The van der Waals surface area contributed by atoms with Crippen molar-refractivity contribution in [2.45, 2.75) is 32.9 Å². The molecule has 1 atom stereocenters. The number of imidazole rings is 1. The number of nitrogens with zero attached hydrogens (tertiary/aromatic N) is 6. The fourth-order valence-corrected chi connectivity index (χ4v) is 2.65. The Balaban J connectivity index is 2.06. The van der Waals surface area contributed by atoms with Crippen LogP contribution in [0.5, 0.6) is 0 Å². The van der Waals surface area contributed by atoms with Crippen molar-refractivity contribution >= 4 is 17.1 Å². The summed E-state index contributed by atoms with van der Waals surface area (Å²) in [7, 11) is 1.93. The van der Waals surface area contributed by atoms with Gasteiger partial charge in [-0.1, -0.05) is 6.92 Å². The Bertz CT molecular complexity index is 720. The second-order valence-electron chi connectivity index (χ2n) is 5.01. The molecule has 0 aromatic carbocycles. The van der Waals surface area contributed by atoms with E-state index in [-0.39, 0.29) is 6.04 Å². The zero-order chi connectivity index (χ0) is 14.3. The Labute approximate surface area is 117 Å². The minimum absolute atomic E-state index is 0.153. The summed E-state index contributed by atoms with van der Waals surface area (Å²) in [6.07, 6.45) is 4.57. The zero-order valence-corrected chi connectivity index (χ0v) is 12.0. The molecule has 1 unspecified atom stereocenters. The average molecular weight is 273 g/mol.